The molecule has 2 atom stereocenters. The maximum atomic E-state index is 5.74. The van der Waals surface area contributed by atoms with Crippen molar-refractivity contribution in [1.82, 2.24) is 4.90 Å². The van der Waals surface area contributed by atoms with Crippen molar-refractivity contribution in [2.45, 2.75) is 58.1 Å². The molecule has 2 unspecified atom stereocenters. The SMILES string of the molecule is CCCC1CCCCN1CC(CN)OCC. The summed E-state index contributed by atoms with van der Waals surface area (Å²) in [5, 5.41) is 0. The molecule has 1 fully saturated rings. The van der Waals surface area contributed by atoms with Crippen molar-refractivity contribution in [3.05, 3.63) is 0 Å². The molecule has 1 aliphatic rings. The van der Waals surface area contributed by atoms with Crippen LogP contribution in [-0.2, 0) is 4.74 Å². The minimum Gasteiger partial charge on any atom is -0.376 e. The Hall–Kier alpha value is -0.120. The van der Waals surface area contributed by atoms with Crippen LogP contribution in [0.3, 0.4) is 0 Å². The van der Waals surface area contributed by atoms with Gasteiger partial charge >= 0.3 is 0 Å². The molecule has 0 aromatic carbocycles. The third kappa shape index (κ3) is 4.40. The molecule has 1 rings (SSSR count). The van der Waals surface area contributed by atoms with Gasteiger partial charge in [0.2, 0.25) is 0 Å². The molecule has 0 aliphatic carbocycles. The highest BCUT2D eigenvalue weighted by atomic mass is 16.5. The lowest BCUT2D eigenvalue weighted by Crippen LogP contribution is -2.46. The molecule has 3 heteroatoms. The first-order valence-corrected chi connectivity index (χ1v) is 6.87. The van der Waals surface area contributed by atoms with Crippen molar-refractivity contribution >= 4 is 0 Å². The van der Waals surface area contributed by atoms with Crippen molar-refractivity contribution < 1.29 is 4.74 Å². The summed E-state index contributed by atoms with van der Waals surface area (Å²) in [6.07, 6.45) is 6.92. The topological polar surface area (TPSA) is 38.5 Å². The average molecular weight is 228 g/mol. The van der Waals surface area contributed by atoms with Crippen LogP contribution in [0.5, 0.6) is 0 Å². The molecule has 2 N–H and O–H groups in total. The Labute approximate surface area is 100 Å². The fraction of sp³-hybridized carbons (Fsp3) is 1.00. The molecule has 1 heterocycles. The highest BCUT2D eigenvalue weighted by molar-refractivity contribution is 4.79. The molecule has 1 saturated heterocycles. The van der Waals surface area contributed by atoms with Crippen molar-refractivity contribution in [3.8, 4) is 0 Å². The van der Waals surface area contributed by atoms with Gasteiger partial charge in [0, 0.05) is 25.7 Å². The third-order valence-corrected chi connectivity index (χ3v) is 3.47. The van der Waals surface area contributed by atoms with Crippen molar-refractivity contribution in [2.75, 3.05) is 26.2 Å². The van der Waals surface area contributed by atoms with Crippen molar-refractivity contribution in [3.63, 3.8) is 0 Å². The van der Waals surface area contributed by atoms with Crippen molar-refractivity contribution in [2.24, 2.45) is 5.73 Å². The van der Waals surface area contributed by atoms with Gasteiger partial charge in [-0.15, -0.1) is 0 Å². The maximum Gasteiger partial charge on any atom is 0.0823 e. The highest BCUT2D eigenvalue weighted by Crippen LogP contribution is 2.21. The number of nitrogens with zero attached hydrogens (tertiary/aromatic N) is 1. The van der Waals surface area contributed by atoms with Crippen LogP contribution in [0.15, 0.2) is 0 Å². The molecule has 0 spiro atoms. The average Bonchev–Trinajstić information content (AvgIpc) is 2.31. The Morgan fingerprint density at radius 2 is 2.19 bits per heavy atom. The normalized spacial score (nSPS) is 24.6. The monoisotopic (exact) mass is 228 g/mol. The summed E-state index contributed by atoms with van der Waals surface area (Å²) < 4.78 is 5.65. The molecule has 1 aliphatic heterocycles. The van der Waals surface area contributed by atoms with E-state index < -0.39 is 0 Å². The number of ether oxygens (including phenoxy) is 1. The molecule has 3 nitrogen and oxygen atoms in total. The first-order chi connectivity index (χ1) is 7.81. The van der Waals surface area contributed by atoms with Crippen LogP contribution >= 0.6 is 0 Å². The molecule has 16 heavy (non-hydrogen) atoms. The quantitative estimate of drug-likeness (QED) is 0.724. The zero-order valence-corrected chi connectivity index (χ0v) is 11.0. The summed E-state index contributed by atoms with van der Waals surface area (Å²) in [6, 6.07) is 0.772. The van der Waals surface area contributed by atoms with Gasteiger partial charge in [-0.1, -0.05) is 19.8 Å². The second-order valence-electron chi connectivity index (χ2n) is 4.75. The molecule has 0 aromatic rings. The van der Waals surface area contributed by atoms with Crippen LogP contribution in [0.25, 0.3) is 0 Å². The standard InChI is InChI=1S/C13H28N2O/c1-3-7-12-8-5-6-9-15(12)11-13(10-14)16-4-2/h12-13H,3-11,14H2,1-2H3. The van der Waals surface area contributed by atoms with Crippen LogP contribution in [0.2, 0.25) is 0 Å². The predicted molar refractivity (Wildman–Crippen MR) is 68.6 cm³/mol. The molecule has 0 aromatic heterocycles. The van der Waals surface area contributed by atoms with Crippen LogP contribution < -0.4 is 5.73 Å². The molecular formula is C13H28N2O. The van der Waals surface area contributed by atoms with E-state index in [1.807, 2.05) is 6.92 Å². The highest BCUT2D eigenvalue weighted by Gasteiger charge is 2.23. The lowest BCUT2D eigenvalue weighted by Gasteiger charge is -2.37. The summed E-state index contributed by atoms with van der Waals surface area (Å²) in [5.74, 6) is 0. The van der Waals surface area contributed by atoms with Crippen molar-refractivity contribution in [1.29, 1.82) is 0 Å². The molecule has 96 valence electrons. The summed E-state index contributed by atoms with van der Waals surface area (Å²) in [5.41, 5.74) is 5.74. The van der Waals surface area contributed by atoms with Crippen LogP contribution in [0.4, 0.5) is 0 Å². The zero-order chi connectivity index (χ0) is 11.8. The number of nitrogens with two attached hydrogens (primary N) is 1. The van der Waals surface area contributed by atoms with E-state index in [2.05, 4.69) is 11.8 Å². The molecular weight excluding hydrogens is 200 g/mol. The second kappa shape index (κ2) is 8.04. The minimum absolute atomic E-state index is 0.224. The smallest absolute Gasteiger partial charge is 0.0823 e. The van der Waals surface area contributed by atoms with E-state index in [9.17, 15) is 0 Å². The van der Waals surface area contributed by atoms with Gasteiger partial charge in [-0.3, -0.25) is 4.90 Å². The number of hydrogen-bond acceptors (Lipinski definition) is 3. The van der Waals surface area contributed by atoms with E-state index in [1.54, 1.807) is 0 Å². The third-order valence-electron chi connectivity index (χ3n) is 3.47. The number of likely N-dealkylation sites (tertiary alicyclic amines) is 1. The van der Waals surface area contributed by atoms with Gasteiger partial charge in [-0.25, -0.2) is 0 Å². The van der Waals surface area contributed by atoms with E-state index >= 15 is 0 Å². The van der Waals surface area contributed by atoms with Crippen LogP contribution in [0, 0.1) is 0 Å². The van der Waals surface area contributed by atoms with E-state index in [1.165, 1.54) is 38.6 Å². The lowest BCUT2D eigenvalue weighted by atomic mass is 9.98. The molecule has 0 amide bonds. The molecule has 0 saturated carbocycles. The number of piperidine rings is 1. The minimum atomic E-state index is 0.224. The van der Waals surface area contributed by atoms with E-state index in [0.29, 0.717) is 6.54 Å². The van der Waals surface area contributed by atoms with Gasteiger partial charge in [0.25, 0.3) is 0 Å². The fourth-order valence-corrected chi connectivity index (χ4v) is 2.65. The van der Waals surface area contributed by atoms with Gasteiger partial charge in [-0.2, -0.15) is 0 Å². The van der Waals surface area contributed by atoms with Gasteiger partial charge in [-0.05, 0) is 32.7 Å². The Morgan fingerprint density at radius 1 is 1.38 bits per heavy atom. The Bertz CT molecular complexity index is 173. The Kier molecular flexibility index (Phi) is 7.01. The lowest BCUT2D eigenvalue weighted by molar-refractivity contribution is 0.0167. The van der Waals surface area contributed by atoms with E-state index in [4.69, 9.17) is 10.5 Å². The first-order valence-electron chi connectivity index (χ1n) is 6.87. The van der Waals surface area contributed by atoms with Gasteiger partial charge in [0.1, 0.15) is 0 Å². The zero-order valence-electron chi connectivity index (χ0n) is 11.0. The van der Waals surface area contributed by atoms with E-state index in [-0.39, 0.29) is 6.10 Å². The number of rotatable bonds is 7. The summed E-state index contributed by atoms with van der Waals surface area (Å²) in [6.45, 7) is 7.98. The number of hydrogen-bond donors (Lipinski definition) is 1. The van der Waals surface area contributed by atoms with Gasteiger partial charge in [0.15, 0.2) is 0 Å². The summed E-state index contributed by atoms with van der Waals surface area (Å²) in [7, 11) is 0. The van der Waals surface area contributed by atoms with Gasteiger partial charge < -0.3 is 10.5 Å². The Morgan fingerprint density at radius 3 is 2.81 bits per heavy atom. The van der Waals surface area contributed by atoms with E-state index in [0.717, 1.165) is 19.2 Å². The first kappa shape index (κ1) is 13.9. The van der Waals surface area contributed by atoms with Crippen LogP contribution in [-0.4, -0.2) is 43.3 Å². The predicted octanol–water partition coefficient (Wildman–Crippen LogP) is 2.00. The second-order valence-corrected chi connectivity index (χ2v) is 4.75. The molecule has 0 radical (unpaired) electrons. The largest absolute Gasteiger partial charge is 0.376 e. The Balaban J connectivity index is 2.40. The van der Waals surface area contributed by atoms with Gasteiger partial charge in [0.05, 0.1) is 6.10 Å². The maximum absolute atomic E-state index is 5.74. The summed E-state index contributed by atoms with van der Waals surface area (Å²) in [4.78, 5) is 2.60. The summed E-state index contributed by atoms with van der Waals surface area (Å²) >= 11 is 0. The fourth-order valence-electron chi connectivity index (χ4n) is 2.65. The van der Waals surface area contributed by atoms with Crippen LogP contribution in [0.1, 0.15) is 46.0 Å². The molecule has 0 bridgehead atoms.